The lowest BCUT2D eigenvalue weighted by atomic mass is 10.0. The van der Waals surface area contributed by atoms with Crippen molar-refractivity contribution in [2.45, 2.75) is 26.3 Å². The van der Waals surface area contributed by atoms with Gasteiger partial charge in [0.25, 0.3) is 0 Å². The summed E-state index contributed by atoms with van der Waals surface area (Å²) in [4.78, 5) is 8.55. The van der Waals surface area contributed by atoms with Gasteiger partial charge >= 0.3 is 0 Å². The van der Waals surface area contributed by atoms with E-state index in [9.17, 15) is 0 Å². The van der Waals surface area contributed by atoms with Gasteiger partial charge in [-0.25, -0.2) is 9.97 Å². The van der Waals surface area contributed by atoms with Crippen LogP contribution in [0.5, 0.6) is 0 Å². The highest BCUT2D eigenvalue weighted by atomic mass is 14.9. The normalized spacial score (nSPS) is 12.4. The minimum absolute atomic E-state index is 0.248. The first-order chi connectivity index (χ1) is 8.20. The van der Waals surface area contributed by atoms with Gasteiger partial charge in [0, 0.05) is 12.4 Å². The average molecular weight is 227 g/mol. The average Bonchev–Trinajstić information content (AvgIpc) is 2.39. The van der Waals surface area contributed by atoms with E-state index in [0.29, 0.717) is 5.82 Å². The fourth-order valence-electron chi connectivity index (χ4n) is 1.72. The maximum absolute atomic E-state index is 6.16. The van der Waals surface area contributed by atoms with Crippen LogP contribution in [0.3, 0.4) is 0 Å². The summed E-state index contributed by atoms with van der Waals surface area (Å²) in [5, 5.41) is 0. The van der Waals surface area contributed by atoms with Crippen molar-refractivity contribution in [3.63, 3.8) is 0 Å². The lowest BCUT2D eigenvalue weighted by Crippen LogP contribution is -2.15. The minimum Gasteiger partial charge on any atom is -0.318 e. The first-order valence-corrected chi connectivity index (χ1v) is 5.83. The Kier molecular flexibility index (Phi) is 3.49. The van der Waals surface area contributed by atoms with Crippen molar-refractivity contribution < 1.29 is 0 Å². The fraction of sp³-hybridized carbons (Fsp3) is 0.286. The molecule has 1 unspecified atom stereocenters. The Morgan fingerprint density at radius 3 is 2.59 bits per heavy atom. The summed E-state index contributed by atoms with van der Waals surface area (Å²) < 4.78 is 0. The molecule has 0 aliphatic heterocycles. The van der Waals surface area contributed by atoms with Crippen molar-refractivity contribution in [3.8, 4) is 0 Å². The van der Waals surface area contributed by atoms with E-state index in [1.807, 2.05) is 19.1 Å². The first-order valence-electron chi connectivity index (χ1n) is 5.83. The van der Waals surface area contributed by atoms with Crippen LogP contribution in [0.25, 0.3) is 0 Å². The molecule has 0 amide bonds. The highest BCUT2D eigenvalue weighted by Crippen LogP contribution is 2.17. The van der Waals surface area contributed by atoms with Crippen LogP contribution in [0.15, 0.2) is 36.7 Å². The smallest absolute Gasteiger partial charge is 0.149 e. The second kappa shape index (κ2) is 5.06. The highest BCUT2D eigenvalue weighted by Gasteiger charge is 2.11. The molecule has 1 atom stereocenters. The second-order valence-electron chi connectivity index (χ2n) is 4.19. The molecule has 17 heavy (non-hydrogen) atoms. The Hall–Kier alpha value is -1.74. The number of aryl methyl sites for hydroxylation is 2. The number of rotatable bonds is 3. The molecule has 1 aromatic carbocycles. The summed E-state index contributed by atoms with van der Waals surface area (Å²) in [6.45, 7) is 4.10. The van der Waals surface area contributed by atoms with Crippen molar-refractivity contribution in [2.75, 3.05) is 0 Å². The first kappa shape index (κ1) is 11.7. The predicted octanol–water partition coefficient (Wildman–Crippen LogP) is 2.40. The molecule has 1 aromatic heterocycles. The topological polar surface area (TPSA) is 51.8 Å². The third kappa shape index (κ3) is 2.68. The van der Waals surface area contributed by atoms with Crippen LogP contribution >= 0.6 is 0 Å². The Balaban J connectivity index is 2.29. The summed E-state index contributed by atoms with van der Waals surface area (Å²) in [5.74, 6) is 0.670. The Labute approximate surface area is 102 Å². The van der Waals surface area contributed by atoms with Gasteiger partial charge < -0.3 is 5.73 Å². The third-order valence-electron chi connectivity index (χ3n) is 2.80. The van der Waals surface area contributed by atoms with Crippen molar-refractivity contribution in [3.05, 3.63) is 59.2 Å². The van der Waals surface area contributed by atoms with E-state index in [0.717, 1.165) is 17.5 Å². The summed E-state index contributed by atoms with van der Waals surface area (Å²) >= 11 is 0. The second-order valence-corrected chi connectivity index (χ2v) is 4.19. The molecule has 2 rings (SSSR count). The maximum Gasteiger partial charge on any atom is 0.149 e. The third-order valence-corrected chi connectivity index (χ3v) is 2.80. The molecular weight excluding hydrogens is 210 g/mol. The number of hydrogen-bond donors (Lipinski definition) is 1. The zero-order chi connectivity index (χ0) is 12.3. The maximum atomic E-state index is 6.16. The molecule has 0 radical (unpaired) electrons. The van der Waals surface area contributed by atoms with Crippen LogP contribution in [0.2, 0.25) is 0 Å². The van der Waals surface area contributed by atoms with Crippen molar-refractivity contribution >= 4 is 0 Å². The van der Waals surface area contributed by atoms with Gasteiger partial charge in [0.1, 0.15) is 5.82 Å². The van der Waals surface area contributed by atoms with E-state index in [-0.39, 0.29) is 6.04 Å². The summed E-state index contributed by atoms with van der Waals surface area (Å²) in [5.41, 5.74) is 9.56. The van der Waals surface area contributed by atoms with Crippen molar-refractivity contribution in [2.24, 2.45) is 5.73 Å². The van der Waals surface area contributed by atoms with Gasteiger partial charge in [0.2, 0.25) is 0 Å². The van der Waals surface area contributed by atoms with Gasteiger partial charge in [0.15, 0.2) is 0 Å². The molecular formula is C14H17N3. The van der Waals surface area contributed by atoms with E-state index in [4.69, 9.17) is 5.73 Å². The van der Waals surface area contributed by atoms with Crippen LogP contribution in [0, 0.1) is 6.92 Å². The Bertz CT molecular complexity index is 491. The molecule has 0 saturated carbocycles. The standard InChI is InChI=1S/C14H17N3/c1-3-11-5-4-6-12(7-11)13(15)14-16-8-10(2)9-17-14/h4-9,13H,3,15H2,1-2H3. The van der Waals surface area contributed by atoms with Crippen LogP contribution in [0.4, 0.5) is 0 Å². The van der Waals surface area contributed by atoms with E-state index in [1.54, 1.807) is 12.4 Å². The summed E-state index contributed by atoms with van der Waals surface area (Å²) in [6, 6.07) is 8.03. The van der Waals surface area contributed by atoms with Crippen LogP contribution < -0.4 is 5.73 Å². The molecule has 0 spiro atoms. The molecule has 0 aliphatic carbocycles. The Morgan fingerprint density at radius 2 is 1.94 bits per heavy atom. The number of nitrogens with zero attached hydrogens (tertiary/aromatic N) is 2. The number of aromatic nitrogens is 2. The SMILES string of the molecule is CCc1cccc(C(N)c2ncc(C)cn2)c1. The zero-order valence-electron chi connectivity index (χ0n) is 10.2. The highest BCUT2D eigenvalue weighted by molar-refractivity contribution is 5.29. The van der Waals surface area contributed by atoms with E-state index in [2.05, 4.69) is 29.0 Å². The summed E-state index contributed by atoms with van der Waals surface area (Å²) in [6.07, 6.45) is 4.60. The quantitative estimate of drug-likeness (QED) is 0.876. The molecule has 0 fully saturated rings. The van der Waals surface area contributed by atoms with Crippen LogP contribution in [0.1, 0.15) is 35.5 Å². The van der Waals surface area contributed by atoms with Gasteiger partial charge in [0.05, 0.1) is 6.04 Å². The van der Waals surface area contributed by atoms with Gasteiger partial charge in [-0.15, -0.1) is 0 Å². The molecule has 2 aromatic rings. The molecule has 2 N–H and O–H groups in total. The van der Waals surface area contributed by atoms with Gasteiger partial charge in [-0.05, 0) is 30.0 Å². The number of nitrogens with two attached hydrogens (primary N) is 1. The van der Waals surface area contributed by atoms with Crippen LogP contribution in [-0.4, -0.2) is 9.97 Å². The van der Waals surface area contributed by atoms with Gasteiger partial charge in [-0.2, -0.15) is 0 Å². The minimum atomic E-state index is -0.248. The van der Waals surface area contributed by atoms with E-state index in [1.165, 1.54) is 5.56 Å². The lowest BCUT2D eigenvalue weighted by molar-refractivity contribution is 0.776. The van der Waals surface area contributed by atoms with Crippen molar-refractivity contribution in [1.29, 1.82) is 0 Å². The van der Waals surface area contributed by atoms with Crippen LogP contribution in [-0.2, 0) is 6.42 Å². The van der Waals surface area contributed by atoms with E-state index >= 15 is 0 Å². The lowest BCUT2D eigenvalue weighted by Gasteiger charge is -2.11. The Morgan fingerprint density at radius 1 is 1.24 bits per heavy atom. The van der Waals surface area contributed by atoms with Gasteiger partial charge in [-0.3, -0.25) is 0 Å². The monoisotopic (exact) mass is 227 g/mol. The molecule has 0 saturated heterocycles. The largest absolute Gasteiger partial charge is 0.318 e. The van der Waals surface area contributed by atoms with E-state index < -0.39 is 0 Å². The molecule has 88 valence electrons. The van der Waals surface area contributed by atoms with Gasteiger partial charge in [-0.1, -0.05) is 31.2 Å². The molecule has 1 heterocycles. The zero-order valence-corrected chi connectivity index (χ0v) is 10.2. The molecule has 0 bridgehead atoms. The molecule has 0 aliphatic rings. The predicted molar refractivity (Wildman–Crippen MR) is 68.6 cm³/mol. The number of hydrogen-bond acceptors (Lipinski definition) is 3. The molecule has 3 nitrogen and oxygen atoms in total. The fourth-order valence-corrected chi connectivity index (χ4v) is 1.72. The van der Waals surface area contributed by atoms with Crippen molar-refractivity contribution in [1.82, 2.24) is 9.97 Å². The molecule has 3 heteroatoms. The number of benzene rings is 1. The summed E-state index contributed by atoms with van der Waals surface area (Å²) in [7, 11) is 0.